The van der Waals surface area contributed by atoms with E-state index in [1.165, 1.54) is 6.20 Å². The molecule has 0 radical (unpaired) electrons. The van der Waals surface area contributed by atoms with Crippen molar-refractivity contribution in [3.05, 3.63) is 42.2 Å². The number of pyridine rings is 1. The van der Waals surface area contributed by atoms with Crippen molar-refractivity contribution in [3.8, 4) is 0 Å². The maximum absolute atomic E-state index is 12.1. The van der Waals surface area contributed by atoms with Crippen molar-refractivity contribution in [2.24, 2.45) is 5.84 Å². The molecule has 0 aliphatic heterocycles. The van der Waals surface area contributed by atoms with Crippen molar-refractivity contribution in [2.45, 2.75) is 0 Å². The standard InChI is InChI=1S/C12H10N6OS/c13-17-11-8-4-2-1-3-7(8)5-9(15-11)12(19)16-10-6-14-18-20-10/h1-6H,13H2,(H,15,17)(H,16,19). The molecule has 4 N–H and O–H groups in total. The number of carbonyl (C=O) groups excluding carboxylic acids is 1. The van der Waals surface area contributed by atoms with Crippen LogP contribution >= 0.6 is 11.5 Å². The molecular formula is C12H10N6OS. The van der Waals surface area contributed by atoms with Crippen LogP contribution in [0.3, 0.4) is 0 Å². The van der Waals surface area contributed by atoms with Gasteiger partial charge in [0, 0.05) is 16.9 Å². The zero-order valence-electron chi connectivity index (χ0n) is 10.2. The molecule has 0 aliphatic carbocycles. The topological polar surface area (TPSA) is 106 Å². The summed E-state index contributed by atoms with van der Waals surface area (Å²) in [6.07, 6.45) is 1.48. The molecule has 7 nitrogen and oxygen atoms in total. The minimum Gasteiger partial charge on any atom is -0.310 e. The molecule has 3 rings (SSSR count). The fourth-order valence-corrected chi connectivity index (χ4v) is 2.24. The number of fused-ring (bicyclic) bond motifs is 1. The summed E-state index contributed by atoms with van der Waals surface area (Å²) < 4.78 is 3.68. The smallest absolute Gasteiger partial charge is 0.275 e. The average molecular weight is 286 g/mol. The van der Waals surface area contributed by atoms with E-state index in [0.717, 1.165) is 22.3 Å². The molecule has 0 saturated heterocycles. The summed E-state index contributed by atoms with van der Waals surface area (Å²) in [5.74, 6) is 5.58. The third-order valence-corrected chi connectivity index (χ3v) is 3.29. The van der Waals surface area contributed by atoms with E-state index in [-0.39, 0.29) is 11.6 Å². The van der Waals surface area contributed by atoms with Crippen molar-refractivity contribution < 1.29 is 4.79 Å². The lowest BCUT2D eigenvalue weighted by Gasteiger charge is -2.08. The summed E-state index contributed by atoms with van der Waals surface area (Å²) in [4.78, 5) is 16.3. The minimum atomic E-state index is -0.335. The normalized spacial score (nSPS) is 10.4. The molecule has 20 heavy (non-hydrogen) atoms. The quantitative estimate of drug-likeness (QED) is 0.499. The number of hydrogen-bond acceptors (Lipinski definition) is 7. The van der Waals surface area contributed by atoms with E-state index >= 15 is 0 Å². The highest BCUT2D eigenvalue weighted by molar-refractivity contribution is 7.10. The fourth-order valence-electron chi connectivity index (χ4n) is 1.82. The van der Waals surface area contributed by atoms with Crippen LogP contribution in [0.4, 0.5) is 10.8 Å². The zero-order chi connectivity index (χ0) is 13.9. The Morgan fingerprint density at radius 1 is 1.30 bits per heavy atom. The van der Waals surface area contributed by atoms with Crippen LogP contribution in [-0.2, 0) is 0 Å². The molecule has 100 valence electrons. The summed E-state index contributed by atoms with van der Waals surface area (Å²) in [5, 5.41) is 8.62. The van der Waals surface area contributed by atoms with Gasteiger partial charge in [0.25, 0.3) is 5.91 Å². The molecule has 2 aromatic heterocycles. The maximum Gasteiger partial charge on any atom is 0.275 e. The monoisotopic (exact) mass is 286 g/mol. The molecular weight excluding hydrogens is 276 g/mol. The zero-order valence-corrected chi connectivity index (χ0v) is 11.0. The van der Waals surface area contributed by atoms with E-state index in [4.69, 9.17) is 5.84 Å². The van der Waals surface area contributed by atoms with Crippen LogP contribution in [0.15, 0.2) is 36.5 Å². The predicted octanol–water partition coefficient (Wildman–Crippen LogP) is 1.62. The lowest BCUT2D eigenvalue weighted by molar-refractivity contribution is 0.102. The summed E-state index contributed by atoms with van der Waals surface area (Å²) in [6, 6.07) is 9.25. The number of amides is 1. The second-order valence-corrected chi connectivity index (χ2v) is 4.74. The van der Waals surface area contributed by atoms with Crippen LogP contribution in [-0.4, -0.2) is 20.5 Å². The van der Waals surface area contributed by atoms with Gasteiger partial charge in [-0.2, -0.15) is 0 Å². The molecule has 3 aromatic rings. The lowest BCUT2D eigenvalue weighted by Crippen LogP contribution is -2.16. The summed E-state index contributed by atoms with van der Waals surface area (Å²) in [6.45, 7) is 0. The van der Waals surface area contributed by atoms with Crippen LogP contribution in [0.5, 0.6) is 0 Å². The third-order valence-electron chi connectivity index (χ3n) is 2.71. The van der Waals surface area contributed by atoms with Gasteiger partial charge in [-0.05, 0) is 11.5 Å². The number of hydrazine groups is 1. The first-order valence-corrected chi connectivity index (χ1v) is 6.50. The number of anilines is 2. The van der Waals surface area contributed by atoms with Gasteiger partial charge < -0.3 is 10.7 Å². The fraction of sp³-hybridized carbons (Fsp3) is 0. The number of carbonyl (C=O) groups is 1. The number of aromatic nitrogens is 3. The first-order valence-electron chi connectivity index (χ1n) is 5.73. The Labute approximate surface area is 118 Å². The van der Waals surface area contributed by atoms with Crippen LogP contribution < -0.4 is 16.6 Å². The number of nitrogens with two attached hydrogens (primary N) is 1. The van der Waals surface area contributed by atoms with Crippen LogP contribution in [0.1, 0.15) is 10.5 Å². The van der Waals surface area contributed by atoms with Crippen LogP contribution in [0.25, 0.3) is 10.8 Å². The number of benzene rings is 1. The highest BCUT2D eigenvalue weighted by atomic mass is 32.1. The molecule has 0 saturated carbocycles. The maximum atomic E-state index is 12.1. The van der Waals surface area contributed by atoms with Crippen LogP contribution in [0.2, 0.25) is 0 Å². The molecule has 1 amide bonds. The molecule has 0 unspecified atom stereocenters. The Morgan fingerprint density at radius 3 is 2.90 bits per heavy atom. The van der Waals surface area contributed by atoms with Gasteiger partial charge in [0.1, 0.15) is 16.5 Å². The van der Waals surface area contributed by atoms with Gasteiger partial charge in [-0.3, -0.25) is 4.79 Å². The van der Waals surface area contributed by atoms with Gasteiger partial charge in [0.2, 0.25) is 0 Å². The molecule has 0 aliphatic rings. The summed E-state index contributed by atoms with van der Waals surface area (Å²) in [7, 11) is 0. The van der Waals surface area contributed by atoms with Crippen molar-refractivity contribution in [2.75, 3.05) is 10.7 Å². The Kier molecular flexibility index (Phi) is 3.23. The summed E-state index contributed by atoms with van der Waals surface area (Å²) in [5.41, 5.74) is 2.78. The Bertz CT molecular complexity index is 758. The molecule has 0 atom stereocenters. The minimum absolute atomic E-state index is 0.269. The molecule has 1 aromatic carbocycles. The van der Waals surface area contributed by atoms with Gasteiger partial charge in [-0.25, -0.2) is 10.8 Å². The van der Waals surface area contributed by atoms with E-state index in [1.807, 2.05) is 24.3 Å². The summed E-state index contributed by atoms with van der Waals surface area (Å²) >= 11 is 1.10. The Hall–Kier alpha value is -2.58. The average Bonchev–Trinajstić information content (AvgIpc) is 2.99. The van der Waals surface area contributed by atoms with Gasteiger partial charge >= 0.3 is 0 Å². The first-order chi connectivity index (χ1) is 9.78. The number of nitrogens with zero attached hydrogens (tertiary/aromatic N) is 3. The van der Waals surface area contributed by atoms with Crippen molar-refractivity contribution in [3.63, 3.8) is 0 Å². The lowest BCUT2D eigenvalue weighted by atomic mass is 10.1. The molecule has 2 heterocycles. The van der Waals surface area contributed by atoms with Gasteiger partial charge in [-0.15, -0.1) is 5.10 Å². The van der Waals surface area contributed by atoms with E-state index in [1.54, 1.807) is 6.07 Å². The Morgan fingerprint density at radius 2 is 2.15 bits per heavy atom. The highest BCUT2D eigenvalue weighted by Gasteiger charge is 2.12. The van der Waals surface area contributed by atoms with Crippen molar-refractivity contribution >= 4 is 39.0 Å². The number of nitrogen functional groups attached to an aromatic ring is 1. The molecule has 8 heteroatoms. The van der Waals surface area contributed by atoms with Gasteiger partial charge in [0.05, 0.1) is 6.20 Å². The van der Waals surface area contributed by atoms with Crippen LogP contribution in [0, 0.1) is 0 Å². The van der Waals surface area contributed by atoms with E-state index in [0.29, 0.717) is 10.8 Å². The van der Waals surface area contributed by atoms with E-state index in [2.05, 4.69) is 25.3 Å². The van der Waals surface area contributed by atoms with Gasteiger partial charge in [0.15, 0.2) is 0 Å². The third kappa shape index (κ3) is 2.29. The molecule has 0 bridgehead atoms. The van der Waals surface area contributed by atoms with E-state index < -0.39 is 0 Å². The number of rotatable bonds is 3. The highest BCUT2D eigenvalue weighted by Crippen LogP contribution is 2.22. The number of hydrogen-bond donors (Lipinski definition) is 3. The van der Waals surface area contributed by atoms with Crippen molar-refractivity contribution in [1.29, 1.82) is 0 Å². The second-order valence-electron chi connectivity index (χ2n) is 3.96. The SMILES string of the molecule is NNc1nc(C(=O)Nc2cnns2)cc2ccccc12. The number of nitrogens with one attached hydrogen (secondary N) is 2. The van der Waals surface area contributed by atoms with E-state index in [9.17, 15) is 4.79 Å². The van der Waals surface area contributed by atoms with Gasteiger partial charge in [-0.1, -0.05) is 28.8 Å². The predicted molar refractivity (Wildman–Crippen MR) is 77.4 cm³/mol. The molecule has 0 fully saturated rings. The largest absolute Gasteiger partial charge is 0.310 e. The Balaban J connectivity index is 2.01. The second kappa shape index (κ2) is 5.19. The first kappa shape index (κ1) is 12.5. The van der Waals surface area contributed by atoms with Crippen molar-refractivity contribution in [1.82, 2.24) is 14.6 Å². The molecule has 0 spiro atoms.